The van der Waals surface area contributed by atoms with Gasteiger partial charge in [-0.1, -0.05) is 42.7 Å². The monoisotopic (exact) mass is 543 g/mol. The number of carbonyl (C=O) groups excluding carboxylic acids is 2. The minimum Gasteiger partial charge on any atom is -0.504 e. The predicted octanol–water partition coefficient (Wildman–Crippen LogP) is 4.38. The zero-order valence-corrected chi connectivity index (χ0v) is 22.6. The number of hydrogen-bond donors (Lipinski definition) is 2. The van der Waals surface area contributed by atoms with Gasteiger partial charge in [0.25, 0.3) is 0 Å². The third-order valence-electron chi connectivity index (χ3n) is 7.30. The number of amides is 2. The van der Waals surface area contributed by atoms with Crippen molar-refractivity contribution in [3.05, 3.63) is 72.3 Å². The molecule has 1 aliphatic carbocycles. The summed E-state index contributed by atoms with van der Waals surface area (Å²) >= 11 is 0. The molecule has 40 heavy (non-hydrogen) atoms. The number of hydrogen-bond acceptors (Lipinski definition) is 7. The molecule has 1 saturated carbocycles. The van der Waals surface area contributed by atoms with Crippen LogP contribution in [0.5, 0.6) is 17.2 Å². The highest BCUT2D eigenvalue weighted by molar-refractivity contribution is 6.01. The number of nitrogens with zero attached hydrogens (tertiary/aromatic N) is 4. The number of nitrogens with one attached hydrogen (secondary N) is 1. The molecule has 0 radical (unpaired) electrons. The molecule has 1 aromatic heterocycles. The SMILES string of the molecule is COc1ccc(N(C(=O)Cn2nnc3ccccc32)[C@@H](C(=O)NC2CCCCC2)c2ccc(OC)c(O)c2)cc1. The summed E-state index contributed by atoms with van der Waals surface area (Å²) in [5, 5.41) is 22.2. The number of methoxy groups -OCH3 is 2. The Balaban J connectivity index is 1.58. The topological polar surface area (TPSA) is 119 Å². The molecule has 4 aromatic rings. The number of benzene rings is 3. The summed E-state index contributed by atoms with van der Waals surface area (Å²) in [6.07, 6.45) is 4.99. The Morgan fingerprint density at radius 3 is 2.48 bits per heavy atom. The van der Waals surface area contributed by atoms with Crippen LogP contribution in [0, 0.1) is 0 Å². The Kier molecular flexibility index (Phi) is 8.14. The first kappa shape index (κ1) is 27.0. The molecule has 3 aromatic carbocycles. The largest absolute Gasteiger partial charge is 0.504 e. The summed E-state index contributed by atoms with van der Waals surface area (Å²) in [5.74, 6) is 0.0548. The Bertz CT molecular complexity index is 1480. The van der Waals surface area contributed by atoms with Crippen molar-refractivity contribution >= 4 is 28.5 Å². The van der Waals surface area contributed by atoms with E-state index in [1.807, 2.05) is 24.3 Å². The van der Waals surface area contributed by atoms with Crippen molar-refractivity contribution in [2.75, 3.05) is 19.1 Å². The first-order chi connectivity index (χ1) is 19.5. The summed E-state index contributed by atoms with van der Waals surface area (Å²) in [6, 6.07) is 18.0. The van der Waals surface area contributed by atoms with E-state index in [1.54, 1.807) is 43.5 Å². The van der Waals surface area contributed by atoms with E-state index in [-0.39, 0.29) is 35.9 Å². The van der Waals surface area contributed by atoms with Crippen LogP contribution in [0.2, 0.25) is 0 Å². The zero-order valence-electron chi connectivity index (χ0n) is 22.6. The smallest absolute Gasteiger partial charge is 0.249 e. The van der Waals surface area contributed by atoms with Crippen LogP contribution >= 0.6 is 0 Å². The van der Waals surface area contributed by atoms with Crippen LogP contribution in [-0.2, 0) is 16.1 Å². The summed E-state index contributed by atoms with van der Waals surface area (Å²) in [6.45, 7) is -0.151. The van der Waals surface area contributed by atoms with Crippen LogP contribution in [0.15, 0.2) is 66.7 Å². The minimum atomic E-state index is -1.07. The molecule has 0 saturated heterocycles. The number of aromatic hydroxyl groups is 1. The second-order valence-corrected chi connectivity index (χ2v) is 9.87. The van der Waals surface area contributed by atoms with E-state index >= 15 is 0 Å². The molecular formula is C30H33N5O5. The Labute approximate surface area is 232 Å². The van der Waals surface area contributed by atoms with Gasteiger partial charge in [-0.25, -0.2) is 4.68 Å². The summed E-state index contributed by atoms with van der Waals surface area (Å²) in [4.78, 5) is 29.7. The van der Waals surface area contributed by atoms with Crippen molar-refractivity contribution < 1.29 is 24.2 Å². The molecular weight excluding hydrogens is 510 g/mol. The van der Waals surface area contributed by atoms with E-state index in [4.69, 9.17) is 9.47 Å². The fraction of sp³-hybridized carbons (Fsp3) is 0.333. The van der Waals surface area contributed by atoms with E-state index in [0.29, 0.717) is 28.0 Å². The molecule has 2 amide bonds. The number of phenolic OH excluding ortho intramolecular Hbond substituents is 1. The van der Waals surface area contributed by atoms with Crippen LogP contribution in [-0.4, -0.2) is 52.2 Å². The van der Waals surface area contributed by atoms with Crippen LogP contribution in [0.1, 0.15) is 43.7 Å². The fourth-order valence-corrected chi connectivity index (χ4v) is 5.24. The number of carbonyl (C=O) groups is 2. The van der Waals surface area contributed by atoms with Gasteiger partial charge in [0.2, 0.25) is 11.8 Å². The maximum atomic E-state index is 14.2. The van der Waals surface area contributed by atoms with Crippen LogP contribution < -0.4 is 19.7 Å². The van der Waals surface area contributed by atoms with Crippen molar-refractivity contribution in [3.63, 3.8) is 0 Å². The molecule has 208 valence electrons. The Hall–Kier alpha value is -4.60. The van der Waals surface area contributed by atoms with E-state index in [9.17, 15) is 14.7 Å². The molecule has 1 heterocycles. The molecule has 0 bridgehead atoms. The van der Waals surface area contributed by atoms with Gasteiger partial charge in [-0.3, -0.25) is 14.5 Å². The molecule has 10 heteroatoms. The van der Waals surface area contributed by atoms with E-state index in [1.165, 1.54) is 22.8 Å². The van der Waals surface area contributed by atoms with Crippen molar-refractivity contribution in [1.29, 1.82) is 0 Å². The highest BCUT2D eigenvalue weighted by Crippen LogP contribution is 2.35. The van der Waals surface area contributed by atoms with Crippen LogP contribution in [0.25, 0.3) is 11.0 Å². The van der Waals surface area contributed by atoms with Crippen molar-refractivity contribution in [2.24, 2.45) is 0 Å². The molecule has 10 nitrogen and oxygen atoms in total. The van der Waals surface area contributed by atoms with Gasteiger partial charge in [-0.05, 0) is 66.9 Å². The lowest BCUT2D eigenvalue weighted by molar-refractivity contribution is -0.127. The molecule has 1 aliphatic rings. The zero-order chi connectivity index (χ0) is 28.1. The standard InChI is InChI=1S/C30H33N5O5/c1-39-23-15-13-22(14-16-23)35(28(37)19-34-25-11-7-6-10-24(25)32-33-34)29(20-12-17-27(40-2)26(36)18-20)30(38)31-21-8-4-3-5-9-21/h6-7,10-18,21,29,36H,3-5,8-9,19H2,1-2H3,(H,31,38)/t29-/m1/s1. The quantitative estimate of drug-likeness (QED) is 0.322. The normalized spacial score (nSPS) is 14.4. The van der Waals surface area contributed by atoms with Gasteiger partial charge < -0.3 is 19.9 Å². The number of ether oxygens (including phenoxy) is 2. The van der Waals surface area contributed by atoms with Crippen molar-refractivity contribution in [3.8, 4) is 17.2 Å². The van der Waals surface area contributed by atoms with Crippen LogP contribution in [0.3, 0.4) is 0 Å². The van der Waals surface area contributed by atoms with Gasteiger partial charge in [0, 0.05) is 11.7 Å². The second-order valence-electron chi connectivity index (χ2n) is 9.87. The predicted molar refractivity (Wildman–Crippen MR) is 150 cm³/mol. The third kappa shape index (κ3) is 5.70. The maximum Gasteiger partial charge on any atom is 0.249 e. The Morgan fingerprint density at radius 2 is 1.77 bits per heavy atom. The molecule has 5 rings (SSSR count). The maximum absolute atomic E-state index is 14.2. The lowest BCUT2D eigenvalue weighted by Crippen LogP contribution is -2.48. The lowest BCUT2D eigenvalue weighted by Gasteiger charge is -2.33. The van der Waals surface area contributed by atoms with Gasteiger partial charge in [0.15, 0.2) is 11.5 Å². The summed E-state index contributed by atoms with van der Waals surface area (Å²) < 4.78 is 12.1. The first-order valence-corrected chi connectivity index (χ1v) is 13.4. The second kappa shape index (κ2) is 12.1. The third-order valence-corrected chi connectivity index (χ3v) is 7.30. The van der Waals surface area contributed by atoms with Gasteiger partial charge >= 0.3 is 0 Å². The van der Waals surface area contributed by atoms with E-state index in [2.05, 4.69) is 15.6 Å². The highest BCUT2D eigenvalue weighted by Gasteiger charge is 2.35. The molecule has 2 N–H and O–H groups in total. The Morgan fingerprint density at radius 1 is 1.02 bits per heavy atom. The van der Waals surface area contributed by atoms with Gasteiger partial charge in [-0.2, -0.15) is 0 Å². The number of rotatable bonds is 9. The number of para-hydroxylation sites is 1. The molecule has 1 fully saturated rings. The van der Waals surface area contributed by atoms with E-state index in [0.717, 1.165) is 32.1 Å². The first-order valence-electron chi connectivity index (χ1n) is 13.4. The number of phenols is 1. The average molecular weight is 544 g/mol. The van der Waals surface area contributed by atoms with Crippen LogP contribution in [0.4, 0.5) is 5.69 Å². The van der Waals surface area contributed by atoms with Gasteiger partial charge in [-0.15, -0.1) is 5.10 Å². The average Bonchev–Trinajstić information content (AvgIpc) is 3.39. The number of fused-ring (bicyclic) bond motifs is 1. The molecule has 0 unspecified atom stereocenters. The van der Waals surface area contributed by atoms with E-state index < -0.39 is 6.04 Å². The lowest BCUT2D eigenvalue weighted by atomic mass is 9.94. The highest BCUT2D eigenvalue weighted by atomic mass is 16.5. The summed E-state index contributed by atoms with van der Waals surface area (Å²) in [5.41, 5.74) is 2.31. The summed E-state index contributed by atoms with van der Waals surface area (Å²) in [7, 11) is 3.02. The number of aromatic nitrogens is 3. The molecule has 0 aliphatic heterocycles. The number of anilines is 1. The van der Waals surface area contributed by atoms with Crippen molar-refractivity contribution in [1.82, 2.24) is 20.3 Å². The van der Waals surface area contributed by atoms with Gasteiger partial charge in [0.05, 0.1) is 19.7 Å². The molecule has 1 atom stereocenters. The molecule has 0 spiro atoms. The fourth-order valence-electron chi connectivity index (χ4n) is 5.24. The van der Waals surface area contributed by atoms with Crippen molar-refractivity contribution in [2.45, 2.75) is 50.7 Å². The minimum absolute atomic E-state index is 0.0164. The van der Waals surface area contributed by atoms with Gasteiger partial charge in [0.1, 0.15) is 23.9 Å².